The zero-order chi connectivity index (χ0) is 17.4. The van der Waals surface area contributed by atoms with E-state index in [1.165, 1.54) is 19.2 Å². The minimum absolute atomic E-state index is 0.0544. The molecule has 1 aromatic carbocycles. The van der Waals surface area contributed by atoms with Crippen molar-refractivity contribution < 1.29 is 23.9 Å². The van der Waals surface area contributed by atoms with Crippen LogP contribution in [0.1, 0.15) is 30.6 Å². The van der Waals surface area contributed by atoms with Crippen LogP contribution in [-0.4, -0.2) is 37.5 Å². The Morgan fingerprint density at radius 3 is 2.30 bits per heavy atom. The molecule has 0 aliphatic rings. The van der Waals surface area contributed by atoms with Crippen LogP contribution in [0.5, 0.6) is 5.75 Å². The monoisotopic (exact) mass is 322 g/mol. The number of ether oxygens (including phenoxy) is 2. The summed E-state index contributed by atoms with van der Waals surface area (Å²) in [6, 6.07) is 5.38. The second-order valence-electron chi connectivity index (χ2n) is 5.13. The average Bonchev–Trinajstić information content (AvgIpc) is 2.56. The van der Waals surface area contributed by atoms with Gasteiger partial charge in [0, 0.05) is 5.56 Å². The Kier molecular flexibility index (Phi) is 7.05. The molecule has 2 amide bonds. The van der Waals surface area contributed by atoms with Crippen LogP contribution >= 0.6 is 0 Å². The molecule has 0 saturated heterocycles. The zero-order valence-corrected chi connectivity index (χ0v) is 13.5. The summed E-state index contributed by atoms with van der Waals surface area (Å²) in [6.45, 7) is 3.52. The molecule has 23 heavy (non-hydrogen) atoms. The number of hydrogen-bond donors (Lipinski definition) is 2. The summed E-state index contributed by atoms with van der Waals surface area (Å²) in [5.41, 5.74) is 5.49. The topological polar surface area (TPSA) is 108 Å². The van der Waals surface area contributed by atoms with Crippen molar-refractivity contribution in [3.8, 4) is 5.75 Å². The summed E-state index contributed by atoms with van der Waals surface area (Å²) >= 11 is 0. The molecule has 0 radical (unpaired) electrons. The van der Waals surface area contributed by atoms with E-state index in [1.807, 2.05) is 13.8 Å². The first-order valence-corrected chi connectivity index (χ1v) is 7.28. The number of esters is 1. The number of nitrogens with two attached hydrogens (primary N) is 1. The molecule has 7 heteroatoms. The lowest BCUT2D eigenvalue weighted by molar-refractivity contribution is -0.146. The van der Waals surface area contributed by atoms with Crippen LogP contribution in [0.15, 0.2) is 24.3 Å². The Morgan fingerprint density at radius 2 is 1.83 bits per heavy atom. The third-order valence-corrected chi connectivity index (χ3v) is 3.49. The molecule has 3 N–H and O–H groups in total. The number of amides is 2. The molecule has 2 atom stereocenters. The molecule has 1 aromatic rings. The molecule has 126 valence electrons. The molecule has 0 aliphatic heterocycles. The van der Waals surface area contributed by atoms with Gasteiger partial charge in [-0.3, -0.25) is 9.59 Å². The first kappa shape index (κ1) is 18.5. The normalized spacial score (nSPS) is 12.8. The van der Waals surface area contributed by atoms with Gasteiger partial charge in [0.15, 0.2) is 6.61 Å². The van der Waals surface area contributed by atoms with Crippen LogP contribution in [0.3, 0.4) is 0 Å². The third kappa shape index (κ3) is 5.61. The Labute approximate surface area is 135 Å². The Bertz CT molecular complexity index is 556. The first-order valence-electron chi connectivity index (χ1n) is 7.28. The van der Waals surface area contributed by atoms with Gasteiger partial charge >= 0.3 is 5.97 Å². The summed E-state index contributed by atoms with van der Waals surface area (Å²) in [7, 11) is 1.28. The summed E-state index contributed by atoms with van der Waals surface area (Å²) < 4.78 is 10.0. The molecule has 0 aromatic heterocycles. The molecule has 0 heterocycles. The number of rotatable bonds is 8. The number of primary amides is 1. The lowest BCUT2D eigenvalue weighted by Crippen LogP contribution is -2.47. The lowest BCUT2D eigenvalue weighted by Gasteiger charge is -2.21. The van der Waals surface area contributed by atoms with Gasteiger partial charge in [-0.15, -0.1) is 0 Å². The number of carbonyl (C=O) groups is 3. The lowest BCUT2D eigenvalue weighted by atomic mass is 9.99. The van der Waals surface area contributed by atoms with E-state index in [9.17, 15) is 14.4 Å². The quantitative estimate of drug-likeness (QED) is 0.690. The number of methoxy groups -OCH3 is 1. The Balaban J connectivity index is 2.58. The SMILES string of the molecule is CC[C@@H](C)[C@@H](NC(=O)COc1ccc(C(N)=O)cc1)C(=O)OC. The fraction of sp³-hybridized carbons (Fsp3) is 0.438. The van der Waals surface area contributed by atoms with Crippen LogP contribution in [0.4, 0.5) is 0 Å². The van der Waals surface area contributed by atoms with Crippen molar-refractivity contribution in [3.63, 3.8) is 0 Å². The largest absolute Gasteiger partial charge is 0.484 e. The van der Waals surface area contributed by atoms with Gasteiger partial charge in [0.25, 0.3) is 5.91 Å². The van der Waals surface area contributed by atoms with E-state index < -0.39 is 23.8 Å². The smallest absolute Gasteiger partial charge is 0.328 e. The third-order valence-electron chi connectivity index (χ3n) is 3.49. The van der Waals surface area contributed by atoms with Crippen molar-refractivity contribution in [2.24, 2.45) is 11.7 Å². The molecule has 0 bridgehead atoms. The summed E-state index contributed by atoms with van der Waals surface area (Å²) in [4.78, 5) is 34.6. The molecule has 7 nitrogen and oxygen atoms in total. The number of hydrogen-bond acceptors (Lipinski definition) is 5. The molecule has 0 fully saturated rings. The predicted octanol–water partition coefficient (Wildman–Crippen LogP) is 0.868. The average molecular weight is 322 g/mol. The van der Waals surface area contributed by atoms with Gasteiger partial charge in [0.2, 0.25) is 5.91 Å². The first-order chi connectivity index (χ1) is 10.9. The highest BCUT2D eigenvalue weighted by molar-refractivity contribution is 5.92. The van der Waals surface area contributed by atoms with E-state index in [0.29, 0.717) is 11.3 Å². The highest BCUT2D eigenvalue weighted by Gasteiger charge is 2.26. The molecule has 0 spiro atoms. The van der Waals surface area contributed by atoms with E-state index in [0.717, 1.165) is 6.42 Å². The van der Waals surface area contributed by atoms with Crippen molar-refractivity contribution in [3.05, 3.63) is 29.8 Å². The Hall–Kier alpha value is -2.57. The van der Waals surface area contributed by atoms with Crippen LogP contribution in [-0.2, 0) is 14.3 Å². The summed E-state index contributed by atoms with van der Waals surface area (Å²) in [5, 5.41) is 2.61. The highest BCUT2D eigenvalue weighted by atomic mass is 16.5. The van der Waals surface area contributed by atoms with Crippen LogP contribution in [0.2, 0.25) is 0 Å². The van der Waals surface area contributed by atoms with Gasteiger partial charge in [-0.1, -0.05) is 20.3 Å². The summed E-state index contributed by atoms with van der Waals surface area (Å²) in [6.07, 6.45) is 0.718. The van der Waals surface area contributed by atoms with Crippen molar-refractivity contribution >= 4 is 17.8 Å². The van der Waals surface area contributed by atoms with E-state index in [4.69, 9.17) is 15.2 Å². The van der Waals surface area contributed by atoms with Crippen molar-refractivity contribution in [2.75, 3.05) is 13.7 Å². The Morgan fingerprint density at radius 1 is 1.22 bits per heavy atom. The summed E-state index contributed by atoms with van der Waals surface area (Å²) in [5.74, 6) is -1.09. The maximum absolute atomic E-state index is 11.9. The minimum atomic E-state index is -0.710. The predicted molar refractivity (Wildman–Crippen MR) is 83.9 cm³/mol. The van der Waals surface area contributed by atoms with Crippen LogP contribution in [0, 0.1) is 5.92 Å². The van der Waals surface area contributed by atoms with Gasteiger partial charge in [-0.05, 0) is 30.2 Å². The minimum Gasteiger partial charge on any atom is -0.484 e. The zero-order valence-electron chi connectivity index (χ0n) is 13.5. The van der Waals surface area contributed by atoms with Gasteiger partial charge < -0.3 is 20.5 Å². The standard InChI is InChI=1S/C16H22N2O5/c1-4-10(2)14(16(21)22-3)18-13(19)9-23-12-7-5-11(6-8-12)15(17)20/h5-8,10,14H,4,9H2,1-3H3,(H2,17,20)(H,18,19)/t10-,14-/m1/s1. The van der Waals surface area contributed by atoms with Gasteiger partial charge in [-0.2, -0.15) is 0 Å². The van der Waals surface area contributed by atoms with Crippen molar-refractivity contribution in [2.45, 2.75) is 26.3 Å². The fourth-order valence-electron chi connectivity index (χ4n) is 1.88. The maximum atomic E-state index is 11.9. The second kappa shape index (κ2) is 8.77. The van der Waals surface area contributed by atoms with E-state index >= 15 is 0 Å². The van der Waals surface area contributed by atoms with Crippen LogP contribution in [0.25, 0.3) is 0 Å². The fourth-order valence-corrected chi connectivity index (χ4v) is 1.88. The van der Waals surface area contributed by atoms with Crippen molar-refractivity contribution in [1.82, 2.24) is 5.32 Å². The van der Waals surface area contributed by atoms with E-state index in [1.54, 1.807) is 12.1 Å². The van der Waals surface area contributed by atoms with Gasteiger partial charge in [0.05, 0.1) is 7.11 Å². The van der Waals surface area contributed by atoms with Gasteiger partial charge in [-0.25, -0.2) is 4.79 Å². The van der Waals surface area contributed by atoms with E-state index in [-0.39, 0.29) is 12.5 Å². The molecular formula is C16H22N2O5. The molecule has 1 rings (SSSR count). The maximum Gasteiger partial charge on any atom is 0.328 e. The molecule has 0 saturated carbocycles. The molecular weight excluding hydrogens is 300 g/mol. The molecule has 0 unspecified atom stereocenters. The molecule has 0 aliphatic carbocycles. The number of carbonyl (C=O) groups excluding carboxylic acids is 3. The van der Waals surface area contributed by atoms with Gasteiger partial charge in [0.1, 0.15) is 11.8 Å². The number of benzene rings is 1. The number of nitrogens with one attached hydrogen (secondary N) is 1. The second-order valence-corrected chi connectivity index (χ2v) is 5.13. The van der Waals surface area contributed by atoms with E-state index in [2.05, 4.69) is 5.32 Å². The van der Waals surface area contributed by atoms with Crippen molar-refractivity contribution in [1.29, 1.82) is 0 Å². The highest BCUT2D eigenvalue weighted by Crippen LogP contribution is 2.12. The van der Waals surface area contributed by atoms with Crippen LogP contribution < -0.4 is 15.8 Å².